The number of aryl methyl sites for hydroxylation is 3. The zero-order chi connectivity index (χ0) is 18.5. The summed E-state index contributed by atoms with van der Waals surface area (Å²) in [5.74, 6) is 1.27. The fourth-order valence-corrected chi connectivity index (χ4v) is 5.52. The van der Waals surface area contributed by atoms with Crippen LogP contribution in [0.25, 0.3) is 11.2 Å². The number of nitrogens with zero attached hydrogens (tertiary/aromatic N) is 5. The maximum Gasteiger partial charge on any atom is 0.248 e. The topological polar surface area (TPSA) is 94.1 Å². The summed E-state index contributed by atoms with van der Waals surface area (Å²) >= 11 is 0. The minimum Gasteiger partial charge on any atom is -0.360 e. The molecule has 1 aliphatic rings. The van der Waals surface area contributed by atoms with Crippen molar-refractivity contribution in [1.82, 2.24) is 24.0 Å². The maximum atomic E-state index is 13.0. The van der Waals surface area contributed by atoms with Crippen LogP contribution >= 0.6 is 0 Å². The van der Waals surface area contributed by atoms with Crippen LogP contribution in [0.5, 0.6) is 0 Å². The molecule has 0 N–H and O–H groups in total. The highest BCUT2D eigenvalue weighted by Crippen LogP contribution is 2.33. The molecule has 0 bridgehead atoms. The quantitative estimate of drug-likeness (QED) is 0.694. The summed E-state index contributed by atoms with van der Waals surface area (Å²) in [7, 11) is -3.62. The van der Waals surface area contributed by atoms with E-state index < -0.39 is 10.0 Å². The Morgan fingerprint density at radius 3 is 2.85 bits per heavy atom. The van der Waals surface area contributed by atoms with Gasteiger partial charge in [-0.25, -0.2) is 18.4 Å². The first kappa shape index (κ1) is 17.2. The molecule has 0 aliphatic carbocycles. The number of hydrogen-bond donors (Lipinski definition) is 0. The zero-order valence-corrected chi connectivity index (χ0v) is 15.8. The lowest BCUT2D eigenvalue weighted by Crippen LogP contribution is -2.29. The highest BCUT2D eigenvalue weighted by Gasteiger charge is 2.38. The lowest BCUT2D eigenvalue weighted by Gasteiger charge is -2.16. The van der Waals surface area contributed by atoms with Gasteiger partial charge in [-0.15, -0.1) is 0 Å². The smallest absolute Gasteiger partial charge is 0.248 e. The molecule has 4 heterocycles. The Kier molecular flexibility index (Phi) is 4.07. The van der Waals surface area contributed by atoms with Crippen LogP contribution in [0, 0.1) is 13.8 Å². The van der Waals surface area contributed by atoms with Crippen LogP contribution < -0.4 is 0 Å². The first-order valence-corrected chi connectivity index (χ1v) is 10.1. The fraction of sp³-hybridized carbons (Fsp3) is 0.471. The Balaban J connectivity index is 1.67. The van der Waals surface area contributed by atoms with Gasteiger partial charge in [-0.05, 0) is 39.3 Å². The molecule has 0 saturated carbocycles. The molecule has 1 fully saturated rings. The number of aromatic nitrogens is 4. The van der Waals surface area contributed by atoms with Gasteiger partial charge in [0, 0.05) is 31.7 Å². The van der Waals surface area contributed by atoms with E-state index in [1.54, 1.807) is 20.0 Å². The molecule has 4 rings (SSSR count). The van der Waals surface area contributed by atoms with Crippen molar-refractivity contribution in [3.05, 3.63) is 35.6 Å². The van der Waals surface area contributed by atoms with Gasteiger partial charge in [0.05, 0.1) is 0 Å². The fourth-order valence-electron chi connectivity index (χ4n) is 3.73. The molecule has 3 aromatic rings. The van der Waals surface area contributed by atoms with E-state index in [2.05, 4.69) is 14.7 Å². The summed E-state index contributed by atoms with van der Waals surface area (Å²) in [6.07, 6.45) is 2.48. The van der Waals surface area contributed by atoms with Crippen LogP contribution in [0.4, 0.5) is 0 Å². The van der Waals surface area contributed by atoms with E-state index >= 15 is 0 Å². The molecule has 3 aromatic heterocycles. The van der Waals surface area contributed by atoms with E-state index in [-0.39, 0.29) is 10.8 Å². The van der Waals surface area contributed by atoms with Gasteiger partial charge in [0.25, 0.3) is 0 Å². The van der Waals surface area contributed by atoms with Crippen molar-refractivity contribution in [2.45, 2.75) is 44.6 Å². The molecule has 1 saturated heterocycles. The molecule has 138 valence electrons. The molecule has 0 aromatic carbocycles. The molecule has 0 amide bonds. The molecule has 9 heteroatoms. The molecule has 0 spiro atoms. The Labute approximate surface area is 151 Å². The number of hydrogen-bond acceptors (Lipinski definition) is 6. The van der Waals surface area contributed by atoms with E-state index in [9.17, 15) is 8.42 Å². The molecule has 8 nitrogen and oxygen atoms in total. The van der Waals surface area contributed by atoms with Crippen molar-refractivity contribution in [2.75, 3.05) is 13.1 Å². The molecule has 1 aliphatic heterocycles. The van der Waals surface area contributed by atoms with Gasteiger partial charge in [0.15, 0.2) is 11.4 Å². The van der Waals surface area contributed by atoms with Crippen LogP contribution in [0.2, 0.25) is 0 Å². The number of fused-ring (bicyclic) bond motifs is 1. The van der Waals surface area contributed by atoms with Crippen LogP contribution in [-0.2, 0) is 16.6 Å². The third kappa shape index (κ3) is 2.53. The predicted molar refractivity (Wildman–Crippen MR) is 95.3 cm³/mol. The van der Waals surface area contributed by atoms with Crippen molar-refractivity contribution in [3.8, 4) is 0 Å². The summed E-state index contributed by atoms with van der Waals surface area (Å²) in [6.45, 7) is 6.93. The first-order valence-electron chi connectivity index (χ1n) is 8.67. The summed E-state index contributed by atoms with van der Waals surface area (Å²) in [5.41, 5.74) is 2.09. The molecule has 0 unspecified atom stereocenters. The maximum absolute atomic E-state index is 13.0. The van der Waals surface area contributed by atoms with E-state index in [4.69, 9.17) is 9.51 Å². The van der Waals surface area contributed by atoms with Gasteiger partial charge in [-0.1, -0.05) is 5.16 Å². The Morgan fingerprint density at radius 2 is 2.15 bits per heavy atom. The van der Waals surface area contributed by atoms with Crippen LogP contribution in [0.1, 0.15) is 36.5 Å². The summed E-state index contributed by atoms with van der Waals surface area (Å²) in [4.78, 5) is 9.34. The van der Waals surface area contributed by atoms with Crippen LogP contribution in [-0.4, -0.2) is 45.5 Å². The van der Waals surface area contributed by atoms with Crippen LogP contribution in [0.15, 0.2) is 27.7 Å². The second-order valence-electron chi connectivity index (χ2n) is 6.56. The third-order valence-electron chi connectivity index (χ3n) is 4.93. The van der Waals surface area contributed by atoms with Gasteiger partial charge in [-0.3, -0.25) is 0 Å². The summed E-state index contributed by atoms with van der Waals surface area (Å²) in [5, 5.41) is 3.78. The second kappa shape index (κ2) is 6.17. The Bertz CT molecular complexity index is 1050. The summed E-state index contributed by atoms with van der Waals surface area (Å²) < 4.78 is 34.7. The minimum atomic E-state index is -3.62. The summed E-state index contributed by atoms with van der Waals surface area (Å²) in [6, 6.07) is 3.80. The van der Waals surface area contributed by atoms with Crippen molar-refractivity contribution >= 4 is 21.2 Å². The van der Waals surface area contributed by atoms with Crippen molar-refractivity contribution in [3.63, 3.8) is 0 Å². The highest BCUT2D eigenvalue weighted by atomic mass is 32.2. The molecular weight excluding hydrogens is 354 g/mol. The molecule has 26 heavy (non-hydrogen) atoms. The average molecular weight is 375 g/mol. The molecule has 1 atom stereocenters. The second-order valence-corrected chi connectivity index (χ2v) is 8.44. The first-order chi connectivity index (χ1) is 12.4. The van der Waals surface area contributed by atoms with E-state index in [0.29, 0.717) is 24.5 Å². The average Bonchev–Trinajstić information content (AvgIpc) is 3.31. The number of imidazole rings is 1. The lowest BCUT2D eigenvalue weighted by molar-refractivity contribution is 0.389. The SMILES string of the molecule is CCn1c([C@H]2CCN(S(=O)(=O)c3c(C)noc3C)C2)nc2cccnc21. The monoisotopic (exact) mass is 375 g/mol. The van der Waals surface area contributed by atoms with Gasteiger partial charge in [0.2, 0.25) is 10.0 Å². The van der Waals surface area contributed by atoms with Gasteiger partial charge < -0.3 is 9.09 Å². The minimum absolute atomic E-state index is 0.0411. The highest BCUT2D eigenvalue weighted by molar-refractivity contribution is 7.89. The Hall–Kier alpha value is -2.26. The number of sulfonamides is 1. The number of pyridine rings is 1. The third-order valence-corrected chi connectivity index (χ3v) is 7.04. The standard InChI is InChI=1S/C17H21N5O3S/c1-4-22-16(19-14-6-5-8-18-17(14)22)13-7-9-21(10-13)26(23,24)15-11(2)20-25-12(15)3/h5-6,8,13H,4,7,9-10H2,1-3H3/t13-/m0/s1. The van der Waals surface area contributed by atoms with E-state index in [0.717, 1.165) is 30.0 Å². The zero-order valence-electron chi connectivity index (χ0n) is 15.0. The molecular formula is C17H21N5O3S. The van der Waals surface area contributed by atoms with Gasteiger partial charge in [-0.2, -0.15) is 4.31 Å². The lowest BCUT2D eigenvalue weighted by atomic mass is 10.1. The van der Waals surface area contributed by atoms with E-state index in [1.165, 1.54) is 4.31 Å². The van der Waals surface area contributed by atoms with Crippen molar-refractivity contribution in [2.24, 2.45) is 0 Å². The van der Waals surface area contributed by atoms with Crippen LogP contribution in [0.3, 0.4) is 0 Å². The predicted octanol–water partition coefficient (Wildman–Crippen LogP) is 2.23. The normalized spacial score (nSPS) is 18.8. The Morgan fingerprint density at radius 1 is 1.35 bits per heavy atom. The largest absolute Gasteiger partial charge is 0.360 e. The van der Waals surface area contributed by atoms with E-state index in [1.807, 2.05) is 19.1 Å². The van der Waals surface area contributed by atoms with Gasteiger partial charge in [0.1, 0.15) is 21.9 Å². The van der Waals surface area contributed by atoms with Crippen molar-refractivity contribution < 1.29 is 12.9 Å². The van der Waals surface area contributed by atoms with Gasteiger partial charge >= 0.3 is 0 Å². The molecule has 0 radical (unpaired) electrons. The number of rotatable bonds is 4. The van der Waals surface area contributed by atoms with Crippen molar-refractivity contribution in [1.29, 1.82) is 0 Å².